The number of guanidine groups is 1. The van der Waals surface area contributed by atoms with Crippen LogP contribution in [0.5, 0.6) is 0 Å². The Hall–Kier alpha value is -2.33. The molecule has 0 radical (unpaired) electrons. The molecule has 0 fully saturated rings. The predicted molar refractivity (Wildman–Crippen MR) is 101 cm³/mol. The minimum atomic E-state index is -4.42. The average Bonchev–Trinajstić information content (AvgIpc) is 3.13. The molecule has 6 nitrogen and oxygen atoms in total. The third-order valence-corrected chi connectivity index (χ3v) is 4.37. The molecule has 1 aromatic heterocycles. The van der Waals surface area contributed by atoms with Crippen molar-refractivity contribution in [3.63, 3.8) is 0 Å². The number of halogens is 3. The highest BCUT2D eigenvalue weighted by atomic mass is 32.1. The van der Waals surface area contributed by atoms with Crippen LogP contribution < -0.4 is 16.0 Å². The van der Waals surface area contributed by atoms with E-state index in [1.54, 1.807) is 14.2 Å². The molecule has 0 spiro atoms. The first-order chi connectivity index (χ1) is 12.9. The summed E-state index contributed by atoms with van der Waals surface area (Å²) in [6.07, 6.45) is -4.42. The lowest BCUT2D eigenvalue weighted by atomic mass is 10.2. The molecular formula is C17H22F3N5OS. The summed E-state index contributed by atoms with van der Waals surface area (Å²) in [6.45, 7) is 2.07. The number of rotatable bonds is 8. The molecule has 0 bridgehead atoms. The number of thiazole rings is 1. The van der Waals surface area contributed by atoms with E-state index in [4.69, 9.17) is 4.74 Å². The molecule has 0 atom stereocenters. The standard InChI is InChI=1S/C17H22F3N5OS/c1-21-16(24-10-15-25-14(11-27-15)17(18,19)20)23-9-12-3-5-13(6-4-12)22-7-8-26-2/h3-6,11,22H,7-10H2,1-2H3,(H2,21,23,24). The van der Waals surface area contributed by atoms with Crippen LogP contribution in [0, 0.1) is 0 Å². The topological polar surface area (TPSA) is 70.6 Å². The number of nitrogens with one attached hydrogen (secondary N) is 3. The summed E-state index contributed by atoms with van der Waals surface area (Å²) in [5.74, 6) is 0.487. The molecular weight excluding hydrogens is 379 g/mol. The van der Waals surface area contributed by atoms with Crippen molar-refractivity contribution in [3.8, 4) is 0 Å². The van der Waals surface area contributed by atoms with Gasteiger partial charge in [-0.05, 0) is 17.7 Å². The van der Waals surface area contributed by atoms with E-state index in [1.807, 2.05) is 24.3 Å². The molecule has 1 aromatic carbocycles. The Morgan fingerprint density at radius 2 is 1.89 bits per heavy atom. The van der Waals surface area contributed by atoms with Crippen molar-refractivity contribution in [3.05, 3.63) is 45.9 Å². The second kappa shape index (κ2) is 10.1. The van der Waals surface area contributed by atoms with Gasteiger partial charge in [0.05, 0.1) is 13.2 Å². The summed E-state index contributed by atoms with van der Waals surface area (Å²) in [7, 11) is 3.25. The molecule has 0 aliphatic heterocycles. The van der Waals surface area contributed by atoms with Crippen molar-refractivity contribution in [2.24, 2.45) is 4.99 Å². The highest BCUT2D eigenvalue weighted by molar-refractivity contribution is 7.09. The number of alkyl halides is 3. The van der Waals surface area contributed by atoms with E-state index in [2.05, 4.69) is 25.9 Å². The monoisotopic (exact) mass is 401 g/mol. The fraction of sp³-hybridized carbons (Fsp3) is 0.412. The average molecular weight is 401 g/mol. The first-order valence-electron chi connectivity index (χ1n) is 8.20. The van der Waals surface area contributed by atoms with Crippen LogP contribution in [0.2, 0.25) is 0 Å². The molecule has 3 N–H and O–H groups in total. The predicted octanol–water partition coefficient (Wildman–Crippen LogP) is 3.09. The van der Waals surface area contributed by atoms with Gasteiger partial charge in [0.2, 0.25) is 0 Å². The maximum atomic E-state index is 12.6. The van der Waals surface area contributed by atoms with E-state index in [1.165, 1.54) is 0 Å². The summed E-state index contributed by atoms with van der Waals surface area (Å²) in [6, 6.07) is 7.89. The van der Waals surface area contributed by atoms with E-state index in [-0.39, 0.29) is 6.54 Å². The molecule has 0 unspecified atom stereocenters. The van der Waals surface area contributed by atoms with Gasteiger partial charge in [-0.3, -0.25) is 4.99 Å². The van der Waals surface area contributed by atoms with E-state index < -0.39 is 11.9 Å². The lowest BCUT2D eigenvalue weighted by Gasteiger charge is -2.12. The number of aromatic nitrogens is 1. The number of hydrogen-bond acceptors (Lipinski definition) is 5. The second-order valence-corrected chi connectivity index (χ2v) is 6.46. The van der Waals surface area contributed by atoms with Gasteiger partial charge >= 0.3 is 6.18 Å². The molecule has 10 heteroatoms. The Morgan fingerprint density at radius 3 is 2.48 bits per heavy atom. The largest absolute Gasteiger partial charge is 0.434 e. The lowest BCUT2D eigenvalue weighted by Crippen LogP contribution is -2.36. The highest BCUT2D eigenvalue weighted by Crippen LogP contribution is 2.29. The zero-order valence-corrected chi connectivity index (χ0v) is 15.9. The van der Waals surface area contributed by atoms with Crippen LogP contribution in [-0.4, -0.2) is 38.3 Å². The first-order valence-corrected chi connectivity index (χ1v) is 9.08. The van der Waals surface area contributed by atoms with Gasteiger partial charge in [0.1, 0.15) is 5.01 Å². The zero-order valence-electron chi connectivity index (χ0n) is 15.1. The van der Waals surface area contributed by atoms with Crippen LogP contribution in [0.3, 0.4) is 0 Å². The summed E-state index contributed by atoms with van der Waals surface area (Å²) in [5.41, 5.74) is 1.18. The normalized spacial score (nSPS) is 12.1. The second-order valence-electron chi connectivity index (χ2n) is 5.52. The molecule has 2 rings (SSSR count). The smallest absolute Gasteiger partial charge is 0.383 e. The minimum absolute atomic E-state index is 0.169. The number of hydrogen-bond donors (Lipinski definition) is 3. The number of aliphatic imine (C=N–C) groups is 1. The number of benzene rings is 1. The highest BCUT2D eigenvalue weighted by Gasteiger charge is 2.33. The number of ether oxygens (including phenoxy) is 1. The van der Waals surface area contributed by atoms with Crippen molar-refractivity contribution in [2.75, 3.05) is 32.6 Å². The Balaban J connectivity index is 1.79. The SMILES string of the molecule is CN=C(NCc1ccc(NCCOC)cc1)NCc1nc(C(F)(F)F)cs1. The minimum Gasteiger partial charge on any atom is -0.383 e. The molecule has 0 amide bonds. The number of anilines is 1. The van der Waals surface area contributed by atoms with Gasteiger partial charge < -0.3 is 20.7 Å². The molecule has 0 aliphatic rings. The van der Waals surface area contributed by atoms with Crippen molar-refractivity contribution in [2.45, 2.75) is 19.3 Å². The fourth-order valence-electron chi connectivity index (χ4n) is 2.13. The zero-order chi connectivity index (χ0) is 19.7. The summed E-state index contributed by atoms with van der Waals surface area (Å²) in [4.78, 5) is 7.64. The van der Waals surface area contributed by atoms with Gasteiger partial charge in [0.15, 0.2) is 11.7 Å². The van der Waals surface area contributed by atoms with Crippen molar-refractivity contribution >= 4 is 23.0 Å². The lowest BCUT2D eigenvalue weighted by molar-refractivity contribution is -0.140. The number of methoxy groups -OCH3 is 1. The molecule has 27 heavy (non-hydrogen) atoms. The molecule has 0 aliphatic carbocycles. The first kappa shape index (κ1) is 21.0. The van der Waals surface area contributed by atoms with Gasteiger partial charge in [-0.2, -0.15) is 13.2 Å². The van der Waals surface area contributed by atoms with Gasteiger partial charge in [-0.1, -0.05) is 12.1 Å². The number of nitrogens with zero attached hydrogens (tertiary/aromatic N) is 2. The van der Waals surface area contributed by atoms with E-state index in [9.17, 15) is 13.2 Å². The molecule has 148 valence electrons. The van der Waals surface area contributed by atoms with Crippen molar-refractivity contribution in [1.82, 2.24) is 15.6 Å². The fourth-order valence-corrected chi connectivity index (χ4v) is 2.87. The van der Waals surface area contributed by atoms with Crippen LogP contribution >= 0.6 is 11.3 Å². The van der Waals surface area contributed by atoms with Crippen LogP contribution in [0.1, 0.15) is 16.3 Å². The Morgan fingerprint density at radius 1 is 1.19 bits per heavy atom. The third-order valence-electron chi connectivity index (χ3n) is 3.52. The van der Waals surface area contributed by atoms with Crippen LogP contribution in [0.4, 0.5) is 18.9 Å². The Labute approximate surface area is 159 Å². The van der Waals surface area contributed by atoms with Gasteiger partial charge in [0.25, 0.3) is 0 Å². The van der Waals surface area contributed by atoms with Gasteiger partial charge in [-0.25, -0.2) is 4.98 Å². The van der Waals surface area contributed by atoms with Gasteiger partial charge in [0, 0.05) is 38.3 Å². The molecule has 0 saturated heterocycles. The molecule has 0 saturated carbocycles. The molecule has 1 heterocycles. The third kappa shape index (κ3) is 7.06. The van der Waals surface area contributed by atoms with Crippen LogP contribution in [0.15, 0.2) is 34.6 Å². The van der Waals surface area contributed by atoms with E-state index in [0.717, 1.165) is 34.5 Å². The van der Waals surface area contributed by atoms with Gasteiger partial charge in [-0.15, -0.1) is 11.3 Å². The summed E-state index contributed by atoms with van der Waals surface area (Å²) >= 11 is 0.961. The maximum Gasteiger partial charge on any atom is 0.434 e. The quantitative estimate of drug-likeness (QED) is 0.360. The maximum absolute atomic E-state index is 12.6. The van der Waals surface area contributed by atoms with E-state index >= 15 is 0 Å². The Bertz CT molecular complexity index is 731. The van der Waals surface area contributed by atoms with Crippen molar-refractivity contribution in [1.29, 1.82) is 0 Å². The van der Waals surface area contributed by atoms with E-state index in [0.29, 0.717) is 24.1 Å². The molecule has 2 aromatic rings. The van der Waals surface area contributed by atoms with Crippen LogP contribution in [0.25, 0.3) is 0 Å². The summed E-state index contributed by atoms with van der Waals surface area (Å²) in [5, 5.41) is 10.7. The Kier molecular flexibility index (Phi) is 7.86. The van der Waals surface area contributed by atoms with Crippen LogP contribution in [-0.2, 0) is 24.0 Å². The van der Waals surface area contributed by atoms with Crippen molar-refractivity contribution < 1.29 is 17.9 Å². The summed E-state index contributed by atoms with van der Waals surface area (Å²) < 4.78 is 42.7.